The number of nitrogens with two attached hydrogens (primary N) is 1. The standard InChI is InChI=1S/C15H21N3O/c1-5-9-18-15(14(16)12(4)17-18)19-13-8-6-7-10(2)11(13)3/h6-8H,5,9,16H2,1-4H3. The van der Waals surface area contributed by atoms with Gasteiger partial charge in [0.15, 0.2) is 0 Å². The van der Waals surface area contributed by atoms with Crippen molar-refractivity contribution in [3.05, 3.63) is 35.0 Å². The molecular weight excluding hydrogens is 238 g/mol. The summed E-state index contributed by atoms with van der Waals surface area (Å²) in [6.07, 6.45) is 0.990. The third-order valence-corrected chi connectivity index (χ3v) is 3.32. The van der Waals surface area contributed by atoms with Crippen LogP contribution in [-0.2, 0) is 6.54 Å². The van der Waals surface area contributed by atoms with E-state index < -0.39 is 0 Å². The summed E-state index contributed by atoms with van der Waals surface area (Å²) in [6.45, 7) is 8.93. The molecule has 2 N–H and O–H groups in total. The highest BCUT2D eigenvalue weighted by Crippen LogP contribution is 2.32. The summed E-state index contributed by atoms with van der Waals surface area (Å²) >= 11 is 0. The number of benzene rings is 1. The molecule has 4 heteroatoms. The van der Waals surface area contributed by atoms with Crippen LogP contribution in [0.25, 0.3) is 0 Å². The van der Waals surface area contributed by atoms with E-state index >= 15 is 0 Å². The molecule has 0 atom stereocenters. The molecule has 0 saturated heterocycles. The molecule has 0 aliphatic carbocycles. The highest BCUT2D eigenvalue weighted by molar-refractivity contribution is 5.54. The van der Waals surface area contributed by atoms with Crippen LogP contribution < -0.4 is 10.5 Å². The van der Waals surface area contributed by atoms with Gasteiger partial charge in [-0.15, -0.1) is 0 Å². The Bertz CT molecular complexity index is 587. The van der Waals surface area contributed by atoms with Crippen molar-refractivity contribution in [1.29, 1.82) is 0 Å². The maximum atomic E-state index is 6.06. The molecule has 1 aromatic carbocycles. The zero-order valence-electron chi connectivity index (χ0n) is 12.0. The number of hydrogen-bond donors (Lipinski definition) is 1. The molecule has 0 spiro atoms. The van der Waals surface area contributed by atoms with E-state index in [1.807, 2.05) is 30.7 Å². The molecule has 102 valence electrons. The first kappa shape index (κ1) is 13.5. The Hall–Kier alpha value is -1.97. The van der Waals surface area contributed by atoms with Crippen LogP contribution in [-0.4, -0.2) is 9.78 Å². The zero-order chi connectivity index (χ0) is 14.0. The Morgan fingerprint density at radius 1 is 1.26 bits per heavy atom. The molecule has 2 aromatic rings. The summed E-state index contributed by atoms with van der Waals surface area (Å²) < 4.78 is 7.84. The normalized spacial score (nSPS) is 10.7. The van der Waals surface area contributed by atoms with Crippen LogP contribution in [0.5, 0.6) is 11.6 Å². The minimum Gasteiger partial charge on any atom is -0.437 e. The van der Waals surface area contributed by atoms with Gasteiger partial charge < -0.3 is 10.5 Å². The molecule has 0 unspecified atom stereocenters. The third kappa shape index (κ3) is 2.57. The minimum atomic E-state index is 0.620. The van der Waals surface area contributed by atoms with Gasteiger partial charge in [-0.05, 0) is 44.4 Å². The average Bonchev–Trinajstić information content (AvgIpc) is 2.63. The van der Waals surface area contributed by atoms with E-state index in [-0.39, 0.29) is 0 Å². The van der Waals surface area contributed by atoms with Gasteiger partial charge >= 0.3 is 0 Å². The zero-order valence-corrected chi connectivity index (χ0v) is 12.0. The highest BCUT2D eigenvalue weighted by atomic mass is 16.5. The lowest BCUT2D eigenvalue weighted by atomic mass is 10.1. The second-order valence-corrected chi connectivity index (χ2v) is 4.83. The van der Waals surface area contributed by atoms with Crippen molar-refractivity contribution in [3.63, 3.8) is 0 Å². The van der Waals surface area contributed by atoms with E-state index in [0.29, 0.717) is 11.6 Å². The van der Waals surface area contributed by atoms with E-state index in [0.717, 1.165) is 30.0 Å². The van der Waals surface area contributed by atoms with Gasteiger partial charge in [-0.25, -0.2) is 4.68 Å². The number of anilines is 1. The largest absolute Gasteiger partial charge is 0.437 e. The van der Waals surface area contributed by atoms with E-state index in [4.69, 9.17) is 10.5 Å². The number of rotatable bonds is 4. The van der Waals surface area contributed by atoms with Crippen molar-refractivity contribution in [3.8, 4) is 11.6 Å². The topological polar surface area (TPSA) is 53.1 Å². The number of ether oxygens (including phenoxy) is 1. The summed E-state index contributed by atoms with van der Waals surface area (Å²) in [6, 6.07) is 6.02. The van der Waals surface area contributed by atoms with Crippen molar-refractivity contribution < 1.29 is 4.74 Å². The average molecular weight is 259 g/mol. The first-order valence-electron chi connectivity index (χ1n) is 6.61. The smallest absolute Gasteiger partial charge is 0.241 e. The van der Waals surface area contributed by atoms with Gasteiger partial charge in [0.25, 0.3) is 0 Å². The number of hydrogen-bond acceptors (Lipinski definition) is 3. The van der Waals surface area contributed by atoms with Crippen LogP contribution in [0.15, 0.2) is 18.2 Å². The Morgan fingerprint density at radius 2 is 2.00 bits per heavy atom. The van der Waals surface area contributed by atoms with Crippen LogP contribution >= 0.6 is 0 Å². The molecule has 0 fully saturated rings. The first-order valence-corrected chi connectivity index (χ1v) is 6.61. The molecule has 1 aromatic heterocycles. The summed E-state index contributed by atoms with van der Waals surface area (Å²) in [5.74, 6) is 1.48. The highest BCUT2D eigenvalue weighted by Gasteiger charge is 2.15. The van der Waals surface area contributed by atoms with Crippen molar-refractivity contribution in [2.45, 2.75) is 40.7 Å². The summed E-state index contributed by atoms with van der Waals surface area (Å²) in [7, 11) is 0. The van der Waals surface area contributed by atoms with Crippen LogP contribution in [0.3, 0.4) is 0 Å². The number of aromatic nitrogens is 2. The fourth-order valence-corrected chi connectivity index (χ4v) is 1.98. The third-order valence-electron chi connectivity index (χ3n) is 3.32. The molecule has 19 heavy (non-hydrogen) atoms. The van der Waals surface area contributed by atoms with E-state index in [1.54, 1.807) is 0 Å². The summed E-state index contributed by atoms with van der Waals surface area (Å²) in [5.41, 5.74) is 9.83. The maximum absolute atomic E-state index is 6.06. The van der Waals surface area contributed by atoms with Gasteiger partial charge in [-0.3, -0.25) is 0 Å². The maximum Gasteiger partial charge on any atom is 0.241 e. The Morgan fingerprint density at radius 3 is 2.68 bits per heavy atom. The molecule has 0 radical (unpaired) electrons. The van der Waals surface area contributed by atoms with Gasteiger partial charge in [0.05, 0.1) is 5.69 Å². The molecule has 0 bridgehead atoms. The Labute approximate surface area is 114 Å². The van der Waals surface area contributed by atoms with Gasteiger partial charge in [0.2, 0.25) is 5.88 Å². The van der Waals surface area contributed by atoms with E-state index in [2.05, 4.69) is 25.0 Å². The fraction of sp³-hybridized carbons (Fsp3) is 0.400. The lowest BCUT2D eigenvalue weighted by Crippen LogP contribution is -2.03. The molecular formula is C15H21N3O. The van der Waals surface area contributed by atoms with Crippen LogP contribution in [0.1, 0.15) is 30.2 Å². The van der Waals surface area contributed by atoms with Crippen LogP contribution in [0.2, 0.25) is 0 Å². The SMILES string of the molecule is CCCn1nc(C)c(N)c1Oc1cccc(C)c1C. The molecule has 2 rings (SSSR count). The Balaban J connectivity index is 2.40. The first-order chi connectivity index (χ1) is 9.04. The fourth-order valence-electron chi connectivity index (χ4n) is 1.98. The van der Waals surface area contributed by atoms with Crippen molar-refractivity contribution in [1.82, 2.24) is 9.78 Å². The second-order valence-electron chi connectivity index (χ2n) is 4.83. The van der Waals surface area contributed by atoms with Crippen LogP contribution in [0.4, 0.5) is 5.69 Å². The summed E-state index contributed by atoms with van der Waals surface area (Å²) in [5, 5.41) is 4.41. The van der Waals surface area contributed by atoms with Crippen molar-refractivity contribution in [2.24, 2.45) is 0 Å². The molecule has 4 nitrogen and oxygen atoms in total. The molecule has 0 aliphatic rings. The van der Waals surface area contributed by atoms with Gasteiger partial charge in [-0.2, -0.15) is 5.10 Å². The predicted octanol–water partition coefficient (Wildman–Crippen LogP) is 3.59. The number of nitrogens with zero attached hydrogens (tertiary/aromatic N) is 2. The molecule has 0 amide bonds. The predicted molar refractivity (Wildman–Crippen MR) is 77.7 cm³/mol. The monoisotopic (exact) mass is 259 g/mol. The van der Waals surface area contributed by atoms with Crippen molar-refractivity contribution in [2.75, 3.05) is 5.73 Å². The van der Waals surface area contributed by atoms with Crippen molar-refractivity contribution >= 4 is 5.69 Å². The molecule has 0 aliphatic heterocycles. The lowest BCUT2D eigenvalue weighted by molar-refractivity contribution is 0.408. The summed E-state index contributed by atoms with van der Waals surface area (Å²) in [4.78, 5) is 0. The minimum absolute atomic E-state index is 0.620. The van der Waals surface area contributed by atoms with Gasteiger partial charge in [0, 0.05) is 6.54 Å². The van der Waals surface area contributed by atoms with Gasteiger partial charge in [-0.1, -0.05) is 19.1 Å². The molecule has 1 heterocycles. The lowest BCUT2D eigenvalue weighted by Gasteiger charge is -2.12. The second kappa shape index (κ2) is 5.34. The Kier molecular flexibility index (Phi) is 3.79. The number of aryl methyl sites for hydroxylation is 3. The molecule has 0 saturated carbocycles. The van der Waals surface area contributed by atoms with Crippen LogP contribution in [0, 0.1) is 20.8 Å². The van der Waals surface area contributed by atoms with Gasteiger partial charge in [0.1, 0.15) is 11.4 Å². The number of nitrogen functional groups attached to an aromatic ring is 1. The van der Waals surface area contributed by atoms with E-state index in [9.17, 15) is 0 Å². The quantitative estimate of drug-likeness (QED) is 0.912. The van der Waals surface area contributed by atoms with E-state index in [1.165, 1.54) is 5.56 Å².